The Morgan fingerprint density at radius 3 is 2.60 bits per heavy atom. The first-order chi connectivity index (χ1) is 9.60. The maximum absolute atomic E-state index is 13.3. The van der Waals surface area contributed by atoms with Crippen LogP contribution in [0.1, 0.15) is 17.2 Å². The summed E-state index contributed by atoms with van der Waals surface area (Å²) < 4.78 is 26.4. The Hall–Kier alpha value is -1.43. The molecule has 2 aromatic carbocycles. The number of hydrogen-bond donors (Lipinski definition) is 2. The van der Waals surface area contributed by atoms with E-state index in [4.69, 9.17) is 5.84 Å². The monoisotopic (exact) mass is 294 g/mol. The zero-order valence-electron chi connectivity index (χ0n) is 11.1. The maximum atomic E-state index is 13.3. The first kappa shape index (κ1) is 15.0. The molecule has 1 atom stereocenters. The number of aryl methyl sites for hydroxylation is 1. The van der Waals surface area contributed by atoms with E-state index in [1.165, 1.54) is 36.0 Å². The van der Waals surface area contributed by atoms with Gasteiger partial charge in [-0.05, 0) is 48.4 Å². The van der Waals surface area contributed by atoms with Gasteiger partial charge in [0.15, 0.2) is 0 Å². The second-order valence-electron chi connectivity index (χ2n) is 4.49. The average Bonchev–Trinajstić information content (AvgIpc) is 2.43. The first-order valence-corrected chi connectivity index (χ1v) is 7.19. The van der Waals surface area contributed by atoms with Crippen molar-refractivity contribution in [1.29, 1.82) is 0 Å². The fourth-order valence-electron chi connectivity index (χ4n) is 1.95. The molecule has 0 aliphatic carbocycles. The fraction of sp³-hybridized carbons (Fsp3) is 0.200. The topological polar surface area (TPSA) is 38.0 Å². The summed E-state index contributed by atoms with van der Waals surface area (Å²) in [7, 11) is 0. The van der Waals surface area contributed by atoms with Crippen LogP contribution in [0.5, 0.6) is 0 Å². The zero-order chi connectivity index (χ0) is 14.5. The predicted molar refractivity (Wildman–Crippen MR) is 78.3 cm³/mol. The molecule has 0 heterocycles. The second kappa shape index (κ2) is 6.83. The molecule has 0 saturated heterocycles. The van der Waals surface area contributed by atoms with Crippen molar-refractivity contribution in [3.05, 3.63) is 65.2 Å². The van der Waals surface area contributed by atoms with Crippen LogP contribution in [0.25, 0.3) is 0 Å². The summed E-state index contributed by atoms with van der Waals surface area (Å²) in [5.74, 6) is 5.59. The number of halogens is 2. The molecule has 20 heavy (non-hydrogen) atoms. The lowest BCUT2D eigenvalue weighted by molar-refractivity contribution is 0.588. The van der Waals surface area contributed by atoms with Gasteiger partial charge in [-0.1, -0.05) is 12.1 Å². The molecule has 0 spiro atoms. The molecular weight excluding hydrogens is 278 g/mol. The van der Waals surface area contributed by atoms with Crippen LogP contribution in [-0.4, -0.2) is 5.75 Å². The molecule has 0 aromatic heterocycles. The lowest BCUT2D eigenvalue weighted by atomic mass is 10.0. The minimum Gasteiger partial charge on any atom is -0.271 e. The van der Waals surface area contributed by atoms with Crippen molar-refractivity contribution in [2.45, 2.75) is 17.9 Å². The van der Waals surface area contributed by atoms with Gasteiger partial charge < -0.3 is 0 Å². The van der Waals surface area contributed by atoms with Crippen LogP contribution in [0.2, 0.25) is 0 Å². The third kappa shape index (κ3) is 3.79. The smallest absolute Gasteiger partial charge is 0.124 e. The summed E-state index contributed by atoms with van der Waals surface area (Å²) in [4.78, 5) is 0.819. The standard InChI is InChI=1S/C15H16F2N2S/c1-10-5-6-12(17)8-14(10)15(19-18)9-20-13-4-2-3-11(16)7-13/h2-8,15,19H,9,18H2,1H3. The lowest BCUT2D eigenvalue weighted by Crippen LogP contribution is -2.30. The summed E-state index contributed by atoms with van der Waals surface area (Å²) in [6, 6.07) is 10.8. The second-order valence-corrected chi connectivity index (χ2v) is 5.58. The van der Waals surface area contributed by atoms with E-state index in [2.05, 4.69) is 5.43 Å². The Bertz CT molecular complexity index is 590. The molecule has 2 aromatic rings. The van der Waals surface area contributed by atoms with Crippen LogP contribution in [0.4, 0.5) is 8.78 Å². The van der Waals surface area contributed by atoms with Crippen LogP contribution in [0, 0.1) is 18.6 Å². The largest absolute Gasteiger partial charge is 0.271 e. The van der Waals surface area contributed by atoms with Crippen LogP contribution in [0.15, 0.2) is 47.4 Å². The highest BCUT2D eigenvalue weighted by Gasteiger charge is 2.13. The quantitative estimate of drug-likeness (QED) is 0.503. The molecule has 0 radical (unpaired) electrons. The number of nitrogens with one attached hydrogen (secondary N) is 1. The van der Waals surface area contributed by atoms with Crippen molar-refractivity contribution in [3.8, 4) is 0 Å². The van der Waals surface area contributed by atoms with E-state index in [9.17, 15) is 8.78 Å². The van der Waals surface area contributed by atoms with Crippen LogP contribution < -0.4 is 11.3 Å². The molecular formula is C15H16F2N2S. The third-order valence-corrected chi connectivity index (χ3v) is 4.12. The van der Waals surface area contributed by atoms with Gasteiger partial charge in [-0.15, -0.1) is 11.8 Å². The Morgan fingerprint density at radius 1 is 1.15 bits per heavy atom. The highest BCUT2D eigenvalue weighted by atomic mass is 32.2. The van der Waals surface area contributed by atoms with Crippen LogP contribution >= 0.6 is 11.8 Å². The van der Waals surface area contributed by atoms with Crippen molar-refractivity contribution in [2.75, 3.05) is 5.75 Å². The van der Waals surface area contributed by atoms with Crippen molar-refractivity contribution in [1.82, 2.24) is 5.43 Å². The molecule has 0 saturated carbocycles. The van der Waals surface area contributed by atoms with Gasteiger partial charge >= 0.3 is 0 Å². The zero-order valence-corrected chi connectivity index (χ0v) is 11.9. The van der Waals surface area contributed by atoms with Gasteiger partial charge in [0.25, 0.3) is 0 Å². The molecule has 0 aliphatic heterocycles. The molecule has 0 fully saturated rings. The number of nitrogens with two attached hydrogens (primary N) is 1. The van der Waals surface area contributed by atoms with Crippen molar-refractivity contribution >= 4 is 11.8 Å². The average molecular weight is 294 g/mol. The van der Waals surface area contributed by atoms with E-state index < -0.39 is 0 Å². The highest BCUT2D eigenvalue weighted by molar-refractivity contribution is 7.99. The highest BCUT2D eigenvalue weighted by Crippen LogP contribution is 2.26. The number of rotatable bonds is 5. The molecule has 2 nitrogen and oxygen atoms in total. The van der Waals surface area contributed by atoms with E-state index in [-0.39, 0.29) is 17.7 Å². The summed E-state index contributed by atoms with van der Waals surface area (Å²) in [5.41, 5.74) is 4.47. The number of thioether (sulfide) groups is 1. The van der Waals surface area contributed by atoms with Gasteiger partial charge in [0.05, 0.1) is 6.04 Å². The molecule has 0 aliphatic rings. The summed E-state index contributed by atoms with van der Waals surface area (Å²) in [6.45, 7) is 1.91. The Morgan fingerprint density at radius 2 is 1.90 bits per heavy atom. The fourth-order valence-corrected chi connectivity index (χ4v) is 2.96. The van der Waals surface area contributed by atoms with Crippen molar-refractivity contribution in [2.24, 2.45) is 5.84 Å². The van der Waals surface area contributed by atoms with Gasteiger partial charge in [-0.2, -0.15) is 0 Å². The molecule has 106 valence electrons. The lowest BCUT2D eigenvalue weighted by Gasteiger charge is -2.18. The maximum Gasteiger partial charge on any atom is 0.124 e. The Balaban J connectivity index is 2.11. The van der Waals surface area contributed by atoms with Gasteiger partial charge in [0.1, 0.15) is 11.6 Å². The van der Waals surface area contributed by atoms with E-state index in [0.29, 0.717) is 5.75 Å². The van der Waals surface area contributed by atoms with Crippen LogP contribution in [0.3, 0.4) is 0 Å². The van der Waals surface area contributed by atoms with E-state index >= 15 is 0 Å². The number of benzene rings is 2. The van der Waals surface area contributed by atoms with E-state index in [0.717, 1.165) is 16.0 Å². The molecule has 0 bridgehead atoms. The van der Waals surface area contributed by atoms with Gasteiger partial charge in [-0.3, -0.25) is 11.3 Å². The van der Waals surface area contributed by atoms with Crippen molar-refractivity contribution in [3.63, 3.8) is 0 Å². The van der Waals surface area contributed by atoms with E-state index in [1.54, 1.807) is 12.1 Å². The van der Waals surface area contributed by atoms with Gasteiger partial charge in [0, 0.05) is 10.6 Å². The minimum atomic E-state index is -0.290. The normalized spacial score (nSPS) is 12.4. The molecule has 3 N–H and O–H groups in total. The summed E-state index contributed by atoms with van der Waals surface area (Å²) in [5, 5.41) is 0. The van der Waals surface area contributed by atoms with Gasteiger partial charge in [0.2, 0.25) is 0 Å². The van der Waals surface area contributed by atoms with Gasteiger partial charge in [-0.25, -0.2) is 8.78 Å². The minimum absolute atomic E-state index is 0.195. The number of hydrogen-bond acceptors (Lipinski definition) is 3. The van der Waals surface area contributed by atoms with Crippen LogP contribution in [-0.2, 0) is 0 Å². The molecule has 1 unspecified atom stereocenters. The SMILES string of the molecule is Cc1ccc(F)cc1C(CSc1cccc(F)c1)NN. The number of hydrazine groups is 1. The molecule has 2 rings (SSSR count). The third-order valence-electron chi connectivity index (χ3n) is 3.03. The first-order valence-electron chi connectivity index (χ1n) is 6.20. The van der Waals surface area contributed by atoms with E-state index in [1.807, 2.05) is 13.0 Å². The Kier molecular flexibility index (Phi) is 5.11. The predicted octanol–water partition coefficient (Wildman–Crippen LogP) is 3.57. The summed E-state index contributed by atoms with van der Waals surface area (Å²) in [6.07, 6.45) is 0. The molecule has 5 heteroatoms. The van der Waals surface area contributed by atoms with Crippen molar-refractivity contribution < 1.29 is 8.78 Å². The molecule has 0 amide bonds. The Labute approximate surface area is 121 Å². The summed E-state index contributed by atoms with van der Waals surface area (Å²) >= 11 is 1.47.